The third-order valence-electron chi connectivity index (χ3n) is 3.27. The Morgan fingerprint density at radius 3 is 2.88 bits per heavy atom. The molecule has 1 aliphatic heterocycles. The van der Waals surface area contributed by atoms with Gasteiger partial charge in [-0.1, -0.05) is 25.1 Å². The van der Waals surface area contributed by atoms with E-state index >= 15 is 0 Å². The van der Waals surface area contributed by atoms with Crippen molar-refractivity contribution in [3.8, 4) is 0 Å². The van der Waals surface area contributed by atoms with Crippen LogP contribution in [0.1, 0.15) is 24.9 Å². The predicted molar refractivity (Wildman–Crippen MR) is 63.5 cm³/mol. The zero-order valence-corrected chi connectivity index (χ0v) is 9.70. The number of likely N-dealkylation sites (tertiary alicyclic amines) is 1. The molecule has 0 aromatic heterocycles. The van der Waals surface area contributed by atoms with Crippen molar-refractivity contribution in [1.82, 2.24) is 4.90 Å². The van der Waals surface area contributed by atoms with Gasteiger partial charge in [0.05, 0.1) is 0 Å². The molecule has 2 nitrogen and oxygen atoms in total. The normalized spacial score (nSPS) is 23.6. The van der Waals surface area contributed by atoms with Gasteiger partial charge in [-0.15, -0.1) is 0 Å². The Kier molecular flexibility index (Phi) is 3.56. The number of halogens is 1. The van der Waals surface area contributed by atoms with Crippen LogP contribution in [0.25, 0.3) is 0 Å². The largest absolute Gasteiger partial charge is 0.323 e. The van der Waals surface area contributed by atoms with Crippen molar-refractivity contribution >= 4 is 0 Å². The van der Waals surface area contributed by atoms with Crippen LogP contribution in [0, 0.1) is 11.7 Å². The Hall–Kier alpha value is -0.930. The summed E-state index contributed by atoms with van der Waals surface area (Å²) in [6, 6.07) is 6.57. The number of hydrogen-bond acceptors (Lipinski definition) is 2. The monoisotopic (exact) mass is 222 g/mol. The predicted octanol–water partition coefficient (Wildman–Crippen LogP) is 2.17. The molecule has 0 aliphatic carbocycles. The lowest BCUT2D eigenvalue weighted by Crippen LogP contribution is -2.30. The minimum Gasteiger partial charge on any atom is -0.323 e. The second-order valence-corrected chi connectivity index (χ2v) is 4.78. The maximum absolute atomic E-state index is 13.5. The van der Waals surface area contributed by atoms with Gasteiger partial charge in [0, 0.05) is 24.7 Å². The summed E-state index contributed by atoms with van der Waals surface area (Å²) in [6.45, 7) is 5.17. The average Bonchev–Trinajstić information content (AvgIpc) is 2.64. The lowest BCUT2D eigenvalue weighted by Gasteiger charge is -2.21. The first-order chi connectivity index (χ1) is 7.66. The van der Waals surface area contributed by atoms with Crippen molar-refractivity contribution in [2.75, 3.05) is 19.6 Å². The minimum atomic E-state index is -0.216. The Morgan fingerprint density at radius 2 is 2.25 bits per heavy atom. The summed E-state index contributed by atoms with van der Waals surface area (Å²) >= 11 is 0. The molecule has 1 aliphatic rings. The molecule has 2 atom stereocenters. The molecular formula is C13H19FN2. The first kappa shape index (κ1) is 11.6. The Labute approximate surface area is 96.2 Å². The van der Waals surface area contributed by atoms with Crippen LogP contribution in [0.15, 0.2) is 24.3 Å². The van der Waals surface area contributed by atoms with Gasteiger partial charge in [0.25, 0.3) is 0 Å². The van der Waals surface area contributed by atoms with Crippen molar-refractivity contribution < 1.29 is 4.39 Å². The van der Waals surface area contributed by atoms with E-state index in [2.05, 4.69) is 11.8 Å². The molecule has 1 saturated heterocycles. The molecule has 0 bridgehead atoms. The second-order valence-electron chi connectivity index (χ2n) is 4.78. The van der Waals surface area contributed by atoms with Gasteiger partial charge >= 0.3 is 0 Å². The van der Waals surface area contributed by atoms with Crippen molar-refractivity contribution in [3.05, 3.63) is 35.6 Å². The standard InChI is InChI=1S/C13H19FN2/c1-10-6-7-16(8-10)9-13(15)11-4-2-3-5-12(11)14/h2-5,10,13H,6-9,15H2,1H3. The van der Waals surface area contributed by atoms with E-state index in [9.17, 15) is 4.39 Å². The molecule has 1 aromatic rings. The third-order valence-corrected chi connectivity index (χ3v) is 3.27. The van der Waals surface area contributed by atoms with Crippen molar-refractivity contribution in [1.29, 1.82) is 0 Å². The van der Waals surface area contributed by atoms with Crippen LogP contribution in [0.2, 0.25) is 0 Å². The fraction of sp³-hybridized carbons (Fsp3) is 0.538. The highest BCUT2D eigenvalue weighted by atomic mass is 19.1. The molecule has 1 fully saturated rings. The maximum atomic E-state index is 13.5. The molecule has 0 radical (unpaired) electrons. The van der Waals surface area contributed by atoms with Crippen LogP contribution in [-0.2, 0) is 0 Å². The van der Waals surface area contributed by atoms with Crippen LogP contribution >= 0.6 is 0 Å². The van der Waals surface area contributed by atoms with E-state index in [0.717, 1.165) is 25.6 Å². The molecule has 3 heteroatoms. The highest BCUT2D eigenvalue weighted by Gasteiger charge is 2.21. The summed E-state index contributed by atoms with van der Waals surface area (Å²) in [4.78, 5) is 2.32. The quantitative estimate of drug-likeness (QED) is 0.849. The summed E-state index contributed by atoms with van der Waals surface area (Å²) in [6.07, 6.45) is 1.23. The van der Waals surface area contributed by atoms with Gasteiger partial charge in [0.1, 0.15) is 5.82 Å². The van der Waals surface area contributed by atoms with Crippen LogP contribution in [0.5, 0.6) is 0 Å². The second kappa shape index (κ2) is 4.93. The Balaban J connectivity index is 1.98. The summed E-state index contributed by atoms with van der Waals surface area (Å²) in [5.74, 6) is 0.551. The molecule has 2 rings (SSSR count). The number of nitrogens with zero attached hydrogens (tertiary/aromatic N) is 1. The van der Waals surface area contributed by atoms with Crippen LogP contribution < -0.4 is 5.73 Å². The van der Waals surface area contributed by atoms with E-state index in [4.69, 9.17) is 5.73 Å². The summed E-state index contributed by atoms with van der Waals surface area (Å²) in [5.41, 5.74) is 6.67. The molecule has 88 valence electrons. The highest BCUT2D eigenvalue weighted by Crippen LogP contribution is 2.20. The number of rotatable bonds is 3. The van der Waals surface area contributed by atoms with E-state index < -0.39 is 0 Å². The maximum Gasteiger partial charge on any atom is 0.128 e. The average molecular weight is 222 g/mol. The molecule has 1 aromatic carbocycles. The van der Waals surface area contributed by atoms with E-state index in [1.807, 2.05) is 6.07 Å². The minimum absolute atomic E-state index is 0.192. The van der Waals surface area contributed by atoms with Crippen LogP contribution in [0.3, 0.4) is 0 Å². The molecule has 0 amide bonds. The molecule has 1 heterocycles. The van der Waals surface area contributed by atoms with Gasteiger partial charge in [0.15, 0.2) is 0 Å². The number of hydrogen-bond donors (Lipinski definition) is 1. The number of benzene rings is 1. The molecule has 16 heavy (non-hydrogen) atoms. The zero-order valence-electron chi connectivity index (χ0n) is 9.70. The Morgan fingerprint density at radius 1 is 1.50 bits per heavy atom. The fourth-order valence-corrected chi connectivity index (χ4v) is 2.34. The van der Waals surface area contributed by atoms with Gasteiger partial charge < -0.3 is 10.6 Å². The van der Waals surface area contributed by atoms with Crippen LogP contribution in [0.4, 0.5) is 4.39 Å². The molecular weight excluding hydrogens is 203 g/mol. The molecule has 0 saturated carbocycles. The Bertz CT molecular complexity index is 354. The topological polar surface area (TPSA) is 29.3 Å². The van der Waals surface area contributed by atoms with Crippen molar-refractivity contribution in [3.63, 3.8) is 0 Å². The van der Waals surface area contributed by atoms with Crippen molar-refractivity contribution in [2.45, 2.75) is 19.4 Å². The van der Waals surface area contributed by atoms with E-state index in [1.54, 1.807) is 12.1 Å². The lowest BCUT2D eigenvalue weighted by molar-refractivity contribution is 0.304. The summed E-state index contributed by atoms with van der Waals surface area (Å²) in [7, 11) is 0. The fourth-order valence-electron chi connectivity index (χ4n) is 2.34. The summed E-state index contributed by atoms with van der Waals surface area (Å²) < 4.78 is 13.5. The van der Waals surface area contributed by atoms with Gasteiger partial charge in [-0.25, -0.2) is 4.39 Å². The first-order valence-electron chi connectivity index (χ1n) is 5.89. The van der Waals surface area contributed by atoms with E-state index in [1.165, 1.54) is 12.5 Å². The van der Waals surface area contributed by atoms with Gasteiger partial charge in [-0.3, -0.25) is 0 Å². The van der Waals surface area contributed by atoms with Crippen LogP contribution in [-0.4, -0.2) is 24.5 Å². The molecule has 2 unspecified atom stereocenters. The van der Waals surface area contributed by atoms with Gasteiger partial charge in [-0.05, 0) is 24.9 Å². The van der Waals surface area contributed by atoms with E-state index in [-0.39, 0.29) is 11.9 Å². The lowest BCUT2D eigenvalue weighted by atomic mass is 10.1. The zero-order chi connectivity index (χ0) is 11.5. The van der Waals surface area contributed by atoms with E-state index in [0.29, 0.717) is 5.56 Å². The molecule has 0 spiro atoms. The highest BCUT2D eigenvalue weighted by molar-refractivity contribution is 5.21. The van der Waals surface area contributed by atoms with Crippen molar-refractivity contribution in [2.24, 2.45) is 11.7 Å². The smallest absolute Gasteiger partial charge is 0.128 e. The molecule has 2 N–H and O–H groups in total. The number of nitrogens with two attached hydrogens (primary N) is 1. The SMILES string of the molecule is CC1CCN(CC(N)c2ccccc2F)C1. The first-order valence-corrected chi connectivity index (χ1v) is 5.89. The van der Waals surface area contributed by atoms with Gasteiger partial charge in [-0.2, -0.15) is 0 Å². The van der Waals surface area contributed by atoms with Gasteiger partial charge in [0.2, 0.25) is 0 Å². The summed E-state index contributed by atoms with van der Waals surface area (Å²) in [5, 5.41) is 0. The third kappa shape index (κ3) is 2.60.